The highest BCUT2D eigenvalue weighted by Crippen LogP contribution is 2.21. The zero-order valence-corrected chi connectivity index (χ0v) is 9.07. The van der Waals surface area contributed by atoms with Crippen LogP contribution in [0.4, 0.5) is 0 Å². The Labute approximate surface area is 84.6 Å². The van der Waals surface area contributed by atoms with Gasteiger partial charge >= 0.3 is 0 Å². The largest absolute Gasteiger partial charge is 0.388 e. The number of nitrogens with one attached hydrogen (secondary N) is 1. The van der Waals surface area contributed by atoms with Crippen molar-refractivity contribution in [3.05, 3.63) is 0 Å². The molecule has 76 valence electrons. The molecule has 0 saturated carbocycles. The van der Waals surface area contributed by atoms with E-state index in [0.717, 1.165) is 25.4 Å². The summed E-state index contributed by atoms with van der Waals surface area (Å²) < 4.78 is 0. The van der Waals surface area contributed by atoms with E-state index in [0.29, 0.717) is 5.84 Å². The van der Waals surface area contributed by atoms with Gasteiger partial charge in [-0.25, -0.2) is 0 Å². The van der Waals surface area contributed by atoms with Gasteiger partial charge in [0, 0.05) is 18.2 Å². The molecule has 0 bridgehead atoms. The Morgan fingerprint density at radius 3 is 3.00 bits per heavy atom. The van der Waals surface area contributed by atoms with E-state index in [4.69, 9.17) is 11.1 Å². The minimum absolute atomic E-state index is 0.314. The highest BCUT2D eigenvalue weighted by molar-refractivity contribution is 7.99. The third kappa shape index (κ3) is 4.00. The molecular weight excluding hydrogens is 182 g/mol. The van der Waals surface area contributed by atoms with Gasteiger partial charge in [0.25, 0.3) is 0 Å². The molecule has 1 rings (SSSR count). The first-order valence-electron chi connectivity index (χ1n) is 4.81. The topological polar surface area (TPSA) is 53.1 Å². The molecule has 4 heteroatoms. The van der Waals surface area contributed by atoms with E-state index in [1.807, 2.05) is 11.8 Å². The van der Waals surface area contributed by atoms with Crippen LogP contribution in [0.2, 0.25) is 0 Å². The van der Waals surface area contributed by atoms with Crippen molar-refractivity contribution in [1.29, 1.82) is 5.41 Å². The van der Waals surface area contributed by atoms with Gasteiger partial charge in [-0.2, -0.15) is 11.8 Å². The molecule has 1 atom stereocenters. The number of nitrogens with zero attached hydrogens (tertiary/aromatic N) is 1. The fourth-order valence-electron chi connectivity index (χ4n) is 1.57. The van der Waals surface area contributed by atoms with E-state index < -0.39 is 0 Å². The lowest BCUT2D eigenvalue weighted by atomic mass is 10.2. The second-order valence-electron chi connectivity index (χ2n) is 3.63. The molecule has 0 aromatic carbocycles. The summed E-state index contributed by atoms with van der Waals surface area (Å²) in [5, 5.41) is 7.10. The number of thioether (sulfide) groups is 1. The maximum absolute atomic E-state index is 7.10. The highest BCUT2D eigenvalue weighted by Gasteiger charge is 2.19. The molecular formula is C9H19N3S. The molecule has 0 aliphatic carbocycles. The predicted molar refractivity (Wildman–Crippen MR) is 59.5 cm³/mol. The first-order chi connectivity index (χ1) is 6.20. The predicted octanol–water partition coefficient (Wildman–Crippen LogP) is 1.14. The molecule has 3 N–H and O–H groups in total. The maximum atomic E-state index is 7.10. The van der Waals surface area contributed by atoms with Crippen LogP contribution < -0.4 is 5.73 Å². The maximum Gasteiger partial charge on any atom is 0.0905 e. The summed E-state index contributed by atoms with van der Waals surface area (Å²) in [7, 11) is 2.18. The van der Waals surface area contributed by atoms with Crippen LogP contribution in [0.25, 0.3) is 0 Å². The van der Waals surface area contributed by atoms with Crippen LogP contribution in [-0.4, -0.2) is 41.9 Å². The first-order valence-corrected chi connectivity index (χ1v) is 5.96. The summed E-state index contributed by atoms with van der Waals surface area (Å²) in [6.45, 7) is 1.07. The van der Waals surface area contributed by atoms with Crippen LogP contribution in [0.1, 0.15) is 19.3 Å². The Morgan fingerprint density at radius 1 is 1.69 bits per heavy atom. The van der Waals surface area contributed by atoms with Gasteiger partial charge < -0.3 is 10.6 Å². The van der Waals surface area contributed by atoms with Crippen LogP contribution in [-0.2, 0) is 0 Å². The minimum Gasteiger partial charge on any atom is -0.388 e. The average molecular weight is 201 g/mol. The molecule has 3 nitrogen and oxygen atoms in total. The van der Waals surface area contributed by atoms with Crippen molar-refractivity contribution in [1.82, 2.24) is 4.90 Å². The molecule has 1 aliphatic rings. The quantitative estimate of drug-likeness (QED) is 0.518. The lowest BCUT2D eigenvalue weighted by Gasteiger charge is -2.22. The van der Waals surface area contributed by atoms with E-state index in [2.05, 4.69) is 11.9 Å². The number of rotatable bonds is 5. The summed E-state index contributed by atoms with van der Waals surface area (Å²) in [5.74, 6) is 2.90. The van der Waals surface area contributed by atoms with E-state index >= 15 is 0 Å². The standard InChI is InChI=1S/C9H19N3S/c1-12(5-2-3-9(10)11)8-4-6-13-7-8/h8H,2-7H2,1H3,(H3,10,11). The van der Waals surface area contributed by atoms with Crippen LogP contribution in [0.15, 0.2) is 0 Å². The number of hydrogen-bond acceptors (Lipinski definition) is 3. The van der Waals surface area contributed by atoms with Crippen molar-refractivity contribution < 1.29 is 0 Å². The van der Waals surface area contributed by atoms with Crippen molar-refractivity contribution in [3.8, 4) is 0 Å². The Hall–Kier alpha value is -0.220. The smallest absolute Gasteiger partial charge is 0.0905 e. The minimum atomic E-state index is 0.314. The summed E-state index contributed by atoms with van der Waals surface area (Å²) in [4.78, 5) is 2.41. The molecule has 0 aromatic rings. The van der Waals surface area contributed by atoms with E-state index in [1.165, 1.54) is 17.9 Å². The third-order valence-electron chi connectivity index (χ3n) is 2.49. The molecule has 0 spiro atoms. The first kappa shape index (κ1) is 10.9. The summed E-state index contributed by atoms with van der Waals surface area (Å²) in [6, 6.07) is 0.761. The van der Waals surface area contributed by atoms with Crippen molar-refractivity contribution in [2.75, 3.05) is 25.1 Å². The van der Waals surface area contributed by atoms with Crippen LogP contribution in [0.3, 0.4) is 0 Å². The van der Waals surface area contributed by atoms with Gasteiger partial charge in [0.2, 0.25) is 0 Å². The van der Waals surface area contributed by atoms with E-state index in [9.17, 15) is 0 Å². The van der Waals surface area contributed by atoms with E-state index in [1.54, 1.807) is 0 Å². The Bertz CT molecular complexity index is 166. The number of amidine groups is 1. The average Bonchev–Trinajstić information content (AvgIpc) is 2.55. The Morgan fingerprint density at radius 2 is 2.46 bits per heavy atom. The molecule has 1 heterocycles. The summed E-state index contributed by atoms with van der Waals surface area (Å²) in [5.41, 5.74) is 5.29. The molecule has 1 aliphatic heterocycles. The molecule has 0 radical (unpaired) electrons. The van der Waals surface area contributed by atoms with E-state index in [-0.39, 0.29) is 0 Å². The second-order valence-corrected chi connectivity index (χ2v) is 4.78. The van der Waals surface area contributed by atoms with Gasteiger partial charge in [0.05, 0.1) is 5.84 Å². The number of hydrogen-bond donors (Lipinski definition) is 2. The normalized spacial score (nSPS) is 22.5. The van der Waals surface area contributed by atoms with Crippen LogP contribution >= 0.6 is 11.8 Å². The zero-order chi connectivity index (χ0) is 9.68. The fraction of sp³-hybridized carbons (Fsp3) is 0.889. The second kappa shape index (κ2) is 5.50. The lowest BCUT2D eigenvalue weighted by molar-refractivity contribution is 0.261. The molecule has 1 unspecified atom stereocenters. The third-order valence-corrected chi connectivity index (χ3v) is 3.63. The molecule has 0 aromatic heterocycles. The zero-order valence-electron chi connectivity index (χ0n) is 8.25. The van der Waals surface area contributed by atoms with Gasteiger partial charge in [-0.05, 0) is 32.2 Å². The van der Waals surface area contributed by atoms with Crippen molar-refractivity contribution in [3.63, 3.8) is 0 Å². The molecule has 1 fully saturated rings. The van der Waals surface area contributed by atoms with Gasteiger partial charge in [0.1, 0.15) is 0 Å². The monoisotopic (exact) mass is 201 g/mol. The SMILES string of the molecule is CN(CCCC(=N)N)C1CCSC1. The van der Waals surface area contributed by atoms with Gasteiger partial charge in [-0.1, -0.05) is 0 Å². The summed E-state index contributed by atoms with van der Waals surface area (Å²) in [6.07, 6.45) is 3.08. The van der Waals surface area contributed by atoms with Crippen LogP contribution in [0.5, 0.6) is 0 Å². The van der Waals surface area contributed by atoms with Gasteiger partial charge in [0.15, 0.2) is 0 Å². The van der Waals surface area contributed by atoms with Crippen LogP contribution in [0, 0.1) is 5.41 Å². The number of nitrogens with two attached hydrogens (primary N) is 1. The fourth-order valence-corrected chi connectivity index (χ4v) is 2.87. The molecule has 13 heavy (non-hydrogen) atoms. The summed E-state index contributed by atoms with van der Waals surface area (Å²) >= 11 is 2.04. The van der Waals surface area contributed by atoms with Crippen molar-refractivity contribution in [2.24, 2.45) is 5.73 Å². The Kier molecular flexibility index (Phi) is 4.59. The molecule has 1 saturated heterocycles. The highest BCUT2D eigenvalue weighted by atomic mass is 32.2. The van der Waals surface area contributed by atoms with Gasteiger partial charge in [-0.3, -0.25) is 5.41 Å². The Balaban J connectivity index is 2.09. The van der Waals surface area contributed by atoms with Crippen molar-refractivity contribution >= 4 is 17.6 Å². The van der Waals surface area contributed by atoms with Gasteiger partial charge in [-0.15, -0.1) is 0 Å². The molecule has 0 amide bonds. The lowest BCUT2D eigenvalue weighted by Crippen LogP contribution is -2.32. The van der Waals surface area contributed by atoms with Crippen molar-refractivity contribution in [2.45, 2.75) is 25.3 Å².